The summed E-state index contributed by atoms with van der Waals surface area (Å²) in [6.45, 7) is 3.91. The second-order valence-corrected chi connectivity index (χ2v) is 4.93. The van der Waals surface area contributed by atoms with Crippen molar-refractivity contribution >= 4 is 5.78 Å². The van der Waals surface area contributed by atoms with Gasteiger partial charge in [0, 0.05) is 11.1 Å². The number of benzene rings is 2. The Hall–Kier alpha value is -2.29. The standard InChI is InChI=1S/C17H18O3/c1-11(2)15-14(20-3)10-9-13(17(15)19)16(18)12-7-5-4-6-8-12/h4-11,19H,1-3H3. The van der Waals surface area contributed by atoms with E-state index in [1.807, 2.05) is 19.9 Å². The zero-order valence-corrected chi connectivity index (χ0v) is 11.9. The first-order valence-electron chi connectivity index (χ1n) is 6.55. The summed E-state index contributed by atoms with van der Waals surface area (Å²) in [6.07, 6.45) is 0. The fourth-order valence-corrected chi connectivity index (χ4v) is 2.25. The number of carbonyl (C=O) groups excluding carboxylic acids is 1. The molecule has 0 saturated heterocycles. The van der Waals surface area contributed by atoms with Gasteiger partial charge in [0.15, 0.2) is 5.78 Å². The molecule has 2 aromatic rings. The van der Waals surface area contributed by atoms with Crippen molar-refractivity contribution in [2.75, 3.05) is 7.11 Å². The summed E-state index contributed by atoms with van der Waals surface area (Å²) in [6, 6.07) is 12.3. The van der Waals surface area contributed by atoms with E-state index in [1.165, 1.54) is 0 Å². The molecule has 3 heteroatoms. The molecule has 0 fully saturated rings. The number of phenolic OH excluding ortho intramolecular Hbond substituents is 1. The van der Waals surface area contributed by atoms with Crippen molar-refractivity contribution in [2.45, 2.75) is 19.8 Å². The summed E-state index contributed by atoms with van der Waals surface area (Å²) in [5.41, 5.74) is 1.53. The van der Waals surface area contributed by atoms with Gasteiger partial charge in [-0.2, -0.15) is 0 Å². The molecular weight excluding hydrogens is 252 g/mol. The van der Waals surface area contributed by atoms with Crippen LogP contribution in [0.25, 0.3) is 0 Å². The highest BCUT2D eigenvalue weighted by Crippen LogP contribution is 2.37. The fraction of sp³-hybridized carbons (Fsp3) is 0.235. The minimum absolute atomic E-state index is 0.00760. The summed E-state index contributed by atoms with van der Waals surface area (Å²) >= 11 is 0. The Bertz CT molecular complexity index is 616. The van der Waals surface area contributed by atoms with Gasteiger partial charge in [0.1, 0.15) is 11.5 Å². The number of ketones is 1. The highest BCUT2D eigenvalue weighted by Gasteiger charge is 2.21. The van der Waals surface area contributed by atoms with E-state index in [-0.39, 0.29) is 17.5 Å². The number of carbonyl (C=O) groups is 1. The third kappa shape index (κ3) is 2.52. The molecule has 0 atom stereocenters. The van der Waals surface area contributed by atoms with E-state index in [9.17, 15) is 9.90 Å². The summed E-state index contributed by atoms with van der Waals surface area (Å²) in [5, 5.41) is 10.4. The molecule has 0 radical (unpaired) electrons. The Morgan fingerprint density at radius 2 is 1.75 bits per heavy atom. The molecule has 0 unspecified atom stereocenters. The Morgan fingerprint density at radius 3 is 2.30 bits per heavy atom. The Labute approximate surface area is 118 Å². The van der Waals surface area contributed by atoms with Gasteiger partial charge in [0.25, 0.3) is 0 Å². The first-order chi connectivity index (χ1) is 9.56. The zero-order valence-electron chi connectivity index (χ0n) is 11.9. The second kappa shape index (κ2) is 5.78. The van der Waals surface area contributed by atoms with Crippen molar-refractivity contribution in [2.24, 2.45) is 0 Å². The monoisotopic (exact) mass is 270 g/mol. The molecule has 0 saturated carbocycles. The van der Waals surface area contributed by atoms with Crippen molar-refractivity contribution in [3.8, 4) is 11.5 Å². The highest BCUT2D eigenvalue weighted by molar-refractivity contribution is 6.11. The number of rotatable bonds is 4. The van der Waals surface area contributed by atoms with Crippen LogP contribution in [0, 0.1) is 0 Å². The summed E-state index contributed by atoms with van der Waals surface area (Å²) in [7, 11) is 1.55. The van der Waals surface area contributed by atoms with E-state index in [4.69, 9.17) is 4.74 Å². The van der Waals surface area contributed by atoms with Crippen LogP contribution in [0.4, 0.5) is 0 Å². The Morgan fingerprint density at radius 1 is 1.10 bits per heavy atom. The molecule has 0 amide bonds. The minimum atomic E-state index is -0.187. The molecule has 1 N–H and O–H groups in total. The molecule has 2 rings (SSSR count). The van der Waals surface area contributed by atoms with Crippen molar-refractivity contribution in [3.05, 3.63) is 59.2 Å². The quantitative estimate of drug-likeness (QED) is 0.860. The average Bonchev–Trinajstić information content (AvgIpc) is 2.46. The van der Waals surface area contributed by atoms with E-state index >= 15 is 0 Å². The maximum Gasteiger partial charge on any atom is 0.196 e. The van der Waals surface area contributed by atoms with Gasteiger partial charge in [-0.3, -0.25) is 4.79 Å². The largest absolute Gasteiger partial charge is 0.507 e. The summed E-state index contributed by atoms with van der Waals surface area (Å²) < 4.78 is 5.26. The zero-order chi connectivity index (χ0) is 14.7. The Kier molecular flexibility index (Phi) is 4.08. The van der Waals surface area contributed by atoms with Crippen LogP contribution in [0.1, 0.15) is 41.3 Å². The lowest BCUT2D eigenvalue weighted by molar-refractivity contribution is 0.103. The van der Waals surface area contributed by atoms with Gasteiger partial charge in [-0.1, -0.05) is 44.2 Å². The Balaban J connectivity index is 2.54. The van der Waals surface area contributed by atoms with Crippen LogP contribution >= 0.6 is 0 Å². The van der Waals surface area contributed by atoms with Crippen LogP contribution in [-0.4, -0.2) is 18.0 Å². The lowest BCUT2D eigenvalue weighted by Gasteiger charge is -2.16. The molecule has 0 aliphatic rings. The van der Waals surface area contributed by atoms with Crippen LogP contribution in [0.2, 0.25) is 0 Å². The van der Waals surface area contributed by atoms with Gasteiger partial charge in [0.05, 0.1) is 12.7 Å². The number of methoxy groups -OCH3 is 1. The maximum absolute atomic E-state index is 12.4. The van der Waals surface area contributed by atoms with Gasteiger partial charge < -0.3 is 9.84 Å². The number of aromatic hydroxyl groups is 1. The summed E-state index contributed by atoms with van der Waals surface area (Å²) in [4.78, 5) is 12.4. The predicted octanol–water partition coefficient (Wildman–Crippen LogP) is 3.76. The predicted molar refractivity (Wildman–Crippen MR) is 78.6 cm³/mol. The molecule has 0 spiro atoms. The van der Waals surface area contributed by atoms with Crippen LogP contribution in [-0.2, 0) is 0 Å². The van der Waals surface area contributed by atoms with E-state index in [2.05, 4.69) is 0 Å². The third-order valence-corrected chi connectivity index (χ3v) is 3.25. The molecule has 0 bridgehead atoms. The van der Waals surface area contributed by atoms with Crippen LogP contribution < -0.4 is 4.74 Å². The molecular formula is C17H18O3. The van der Waals surface area contributed by atoms with Gasteiger partial charge in [-0.25, -0.2) is 0 Å². The van der Waals surface area contributed by atoms with Gasteiger partial charge in [0.2, 0.25) is 0 Å². The van der Waals surface area contributed by atoms with Crippen LogP contribution in [0.3, 0.4) is 0 Å². The number of phenols is 1. The maximum atomic E-state index is 12.4. The van der Waals surface area contributed by atoms with Crippen molar-refractivity contribution in [3.63, 3.8) is 0 Å². The molecule has 104 valence electrons. The van der Waals surface area contributed by atoms with E-state index in [1.54, 1.807) is 43.5 Å². The molecule has 0 aliphatic carbocycles. The van der Waals surface area contributed by atoms with Crippen LogP contribution in [0.15, 0.2) is 42.5 Å². The van der Waals surface area contributed by atoms with Crippen molar-refractivity contribution in [1.29, 1.82) is 0 Å². The van der Waals surface area contributed by atoms with Gasteiger partial charge >= 0.3 is 0 Å². The van der Waals surface area contributed by atoms with Gasteiger partial charge in [-0.15, -0.1) is 0 Å². The van der Waals surface area contributed by atoms with E-state index in [0.29, 0.717) is 22.4 Å². The second-order valence-electron chi connectivity index (χ2n) is 4.93. The van der Waals surface area contributed by atoms with Crippen LogP contribution in [0.5, 0.6) is 11.5 Å². The first-order valence-corrected chi connectivity index (χ1v) is 6.55. The van der Waals surface area contributed by atoms with Crippen molar-refractivity contribution < 1.29 is 14.6 Å². The number of hydrogen-bond acceptors (Lipinski definition) is 3. The SMILES string of the molecule is COc1ccc(C(=O)c2ccccc2)c(O)c1C(C)C. The van der Waals surface area contributed by atoms with Crippen molar-refractivity contribution in [1.82, 2.24) is 0 Å². The molecule has 3 nitrogen and oxygen atoms in total. The fourth-order valence-electron chi connectivity index (χ4n) is 2.25. The first kappa shape index (κ1) is 14.1. The number of ether oxygens (including phenoxy) is 1. The average molecular weight is 270 g/mol. The minimum Gasteiger partial charge on any atom is -0.507 e. The molecule has 0 aromatic heterocycles. The lowest BCUT2D eigenvalue weighted by Crippen LogP contribution is -2.05. The molecule has 0 aliphatic heterocycles. The highest BCUT2D eigenvalue weighted by atomic mass is 16.5. The molecule has 0 heterocycles. The number of hydrogen-bond donors (Lipinski definition) is 1. The topological polar surface area (TPSA) is 46.5 Å². The smallest absolute Gasteiger partial charge is 0.196 e. The normalized spacial score (nSPS) is 10.6. The van der Waals surface area contributed by atoms with E-state index < -0.39 is 0 Å². The molecule has 2 aromatic carbocycles. The molecule has 20 heavy (non-hydrogen) atoms. The van der Waals surface area contributed by atoms with Gasteiger partial charge in [-0.05, 0) is 18.1 Å². The lowest BCUT2D eigenvalue weighted by atomic mass is 9.94. The summed E-state index contributed by atoms with van der Waals surface area (Å²) in [5.74, 6) is 0.483. The van der Waals surface area contributed by atoms with E-state index in [0.717, 1.165) is 0 Å². The third-order valence-electron chi connectivity index (χ3n) is 3.25.